The van der Waals surface area contributed by atoms with Gasteiger partial charge in [0.25, 0.3) is 10.1 Å². The standard InChI is InChI=1S/C30H50O6SSi/c1-11-14-24(4)28(36-38(9,10)30(6,7)8)16-13-17-29(31)35-27(15-12-2)25(5)22-34-37(32,33)26-20-18-23(3)19-21-26/h11-12,18-21,24-25,27-28H,1-2,13-17,22H2,3-10H3/t24-,25-,27+,28-/m0/s1. The molecule has 0 aromatic heterocycles. The third-order valence-electron chi connectivity index (χ3n) is 7.41. The molecule has 0 aliphatic carbocycles. The zero-order chi connectivity index (χ0) is 29.1. The van der Waals surface area contributed by atoms with Crippen molar-refractivity contribution in [2.75, 3.05) is 6.61 Å². The Hall–Kier alpha value is -1.74. The minimum Gasteiger partial charge on any atom is -0.462 e. The molecule has 0 radical (unpaired) electrons. The highest BCUT2D eigenvalue weighted by atomic mass is 32.2. The molecule has 0 bridgehead atoms. The van der Waals surface area contributed by atoms with Gasteiger partial charge in [0.2, 0.25) is 0 Å². The molecule has 4 atom stereocenters. The molecule has 8 heteroatoms. The van der Waals surface area contributed by atoms with Gasteiger partial charge in [0, 0.05) is 24.9 Å². The molecule has 1 rings (SSSR count). The lowest BCUT2D eigenvalue weighted by molar-refractivity contribution is -0.152. The first-order chi connectivity index (χ1) is 17.5. The summed E-state index contributed by atoms with van der Waals surface area (Å²) in [5.74, 6) is -0.342. The molecule has 0 aliphatic rings. The van der Waals surface area contributed by atoms with Crippen LogP contribution in [0.15, 0.2) is 54.5 Å². The van der Waals surface area contributed by atoms with E-state index in [1.807, 2.05) is 19.9 Å². The van der Waals surface area contributed by atoms with Crippen molar-refractivity contribution in [2.24, 2.45) is 11.8 Å². The van der Waals surface area contributed by atoms with Crippen LogP contribution in [0.2, 0.25) is 18.1 Å². The molecular formula is C30H50O6SSi. The second-order valence-electron chi connectivity index (χ2n) is 11.9. The van der Waals surface area contributed by atoms with Gasteiger partial charge in [-0.3, -0.25) is 8.98 Å². The predicted octanol–water partition coefficient (Wildman–Crippen LogP) is 7.60. The number of hydrogen-bond acceptors (Lipinski definition) is 6. The molecule has 0 saturated heterocycles. The van der Waals surface area contributed by atoms with Gasteiger partial charge >= 0.3 is 5.97 Å². The monoisotopic (exact) mass is 566 g/mol. The molecule has 0 aliphatic heterocycles. The van der Waals surface area contributed by atoms with Gasteiger partial charge in [0.1, 0.15) is 6.10 Å². The summed E-state index contributed by atoms with van der Waals surface area (Å²) in [4.78, 5) is 12.8. The van der Waals surface area contributed by atoms with E-state index in [0.717, 1.165) is 18.4 Å². The fourth-order valence-corrected chi connectivity index (χ4v) is 6.20. The largest absolute Gasteiger partial charge is 0.462 e. The summed E-state index contributed by atoms with van der Waals surface area (Å²) in [6.07, 6.45) is 6.05. The number of allylic oxidation sites excluding steroid dienone is 1. The Morgan fingerprint density at radius 1 is 1.00 bits per heavy atom. The fourth-order valence-electron chi connectivity index (χ4n) is 3.74. The Labute approximate surface area is 233 Å². The van der Waals surface area contributed by atoms with Crippen LogP contribution in [0.1, 0.15) is 72.3 Å². The number of esters is 1. The van der Waals surface area contributed by atoms with Gasteiger partial charge in [-0.1, -0.05) is 64.5 Å². The Kier molecular flexibility index (Phi) is 13.7. The predicted molar refractivity (Wildman–Crippen MR) is 158 cm³/mol. The molecule has 0 heterocycles. The minimum absolute atomic E-state index is 0.0463. The van der Waals surface area contributed by atoms with E-state index in [1.54, 1.807) is 18.2 Å². The van der Waals surface area contributed by atoms with Gasteiger partial charge in [-0.15, -0.1) is 13.2 Å². The lowest BCUT2D eigenvalue weighted by Crippen LogP contribution is -2.45. The first kappa shape index (κ1) is 34.3. The van der Waals surface area contributed by atoms with E-state index in [2.05, 4.69) is 53.9 Å². The molecule has 0 N–H and O–H groups in total. The molecule has 0 fully saturated rings. The molecule has 0 amide bonds. The highest BCUT2D eigenvalue weighted by Crippen LogP contribution is 2.39. The van der Waals surface area contributed by atoms with Gasteiger partial charge in [-0.2, -0.15) is 8.42 Å². The molecule has 216 valence electrons. The molecule has 0 spiro atoms. The fraction of sp³-hybridized carbons (Fsp3) is 0.633. The van der Waals surface area contributed by atoms with Crippen LogP contribution in [0.4, 0.5) is 0 Å². The summed E-state index contributed by atoms with van der Waals surface area (Å²) in [6.45, 7) is 24.6. The quantitative estimate of drug-likeness (QED) is 0.0836. The topological polar surface area (TPSA) is 78.9 Å². The van der Waals surface area contributed by atoms with E-state index in [-0.39, 0.29) is 41.0 Å². The zero-order valence-corrected chi connectivity index (χ0v) is 26.6. The summed E-state index contributed by atoms with van der Waals surface area (Å²) in [7, 11) is -5.86. The van der Waals surface area contributed by atoms with E-state index in [0.29, 0.717) is 18.8 Å². The number of rotatable bonds is 17. The maximum Gasteiger partial charge on any atom is 0.306 e. The second-order valence-corrected chi connectivity index (χ2v) is 18.3. The van der Waals surface area contributed by atoms with E-state index in [9.17, 15) is 13.2 Å². The number of carbonyl (C=O) groups is 1. The van der Waals surface area contributed by atoms with Gasteiger partial charge < -0.3 is 9.16 Å². The van der Waals surface area contributed by atoms with Crippen LogP contribution in [0, 0.1) is 18.8 Å². The highest BCUT2D eigenvalue weighted by molar-refractivity contribution is 7.86. The summed E-state index contributed by atoms with van der Waals surface area (Å²) < 4.78 is 42.9. The second kappa shape index (κ2) is 15.2. The maximum atomic E-state index is 12.7. The summed E-state index contributed by atoms with van der Waals surface area (Å²) >= 11 is 0. The van der Waals surface area contributed by atoms with Crippen molar-refractivity contribution in [3.05, 3.63) is 55.1 Å². The third kappa shape index (κ3) is 11.2. The Morgan fingerprint density at radius 3 is 2.11 bits per heavy atom. The lowest BCUT2D eigenvalue weighted by atomic mass is 9.96. The number of hydrogen-bond donors (Lipinski definition) is 0. The van der Waals surface area contributed by atoms with Crippen molar-refractivity contribution >= 4 is 24.4 Å². The average Bonchev–Trinajstić information content (AvgIpc) is 2.81. The number of ether oxygens (including phenoxy) is 1. The SMILES string of the molecule is C=CC[C@H](C)[C@H](CCCC(=O)O[C@H](CC=C)[C@@H](C)COS(=O)(=O)c1ccc(C)cc1)O[Si](C)(C)C(C)(C)C. The molecular weight excluding hydrogens is 516 g/mol. The molecule has 1 aromatic carbocycles. The summed E-state index contributed by atoms with van der Waals surface area (Å²) in [5.41, 5.74) is 0.961. The van der Waals surface area contributed by atoms with Crippen LogP contribution in [-0.4, -0.2) is 41.5 Å². The highest BCUT2D eigenvalue weighted by Gasteiger charge is 2.40. The van der Waals surface area contributed by atoms with Crippen molar-refractivity contribution in [1.82, 2.24) is 0 Å². The van der Waals surface area contributed by atoms with E-state index in [4.69, 9.17) is 13.3 Å². The first-order valence-electron chi connectivity index (χ1n) is 13.6. The van der Waals surface area contributed by atoms with Gasteiger partial charge in [0.05, 0.1) is 11.5 Å². The van der Waals surface area contributed by atoms with Crippen LogP contribution >= 0.6 is 0 Å². The van der Waals surface area contributed by atoms with Crippen LogP contribution in [-0.2, 0) is 28.3 Å². The third-order valence-corrected chi connectivity index (χ3v) is 13.2. The maximum absolute atomic E-state index is 12.7. The van der Waals surface area contributed by atoms with Crippen LogP contribution < -0.4 is 0 Å². The van der Waals surface area contributed by atoms with Gasteiger partial charge in [-0.25, -0.2) is 0 Å². The summed E-state index contributed by atoms with van der Waals surface area (Å²) in [5, 5.41) is 0.0983. The Bertz CT molecular complexity index is 995. The smallest absolute Gasteiger partial charge is 0.306 e. The van der Waals surface area contributed by atoms with Crippen LogP contribution in [0.3, 0.4) is 0 Å². The van der Waals surface area contributed by atoms with Crippen molar-refractivity contribution in [1.29, 1.82) is 0 Å². The Balaban J connectivity index is 2.72. The van der Waals surface area contributed by atoms with Crippen LogP contribution in [0.5, 0.6) is 0 Å². The van der Waals surface area contributed by atoms with Gasteiger partial charge in [0.15, 0.2) is 8.32 Å². The van der Waals surface area contributed by atoms with E-state index in [1.165, 1.54) is 12.1 Å². The van der Waals surface area contributed by atoms with Crippen molar-refractivity contribution < 1.29 is 26.6 Å². The number of benzene rings is 1. The molecule has 38 heavy (non-hydrogen) atoms. The number of carbonyl (C=O) groups excluding carboxylic acids is 1. The minimum atomic E-state index is -3.90. The molecule has 0 saturated carbocycles. The first-order valence-corrected chi connectivity index (χ1v) is 17.9. The zero-order valence-electron chi connectivity index (χ0n) is 24.8. The van der Waals surface area contributed by atoms with E-state index < -0.39 is 24.5 Å². The van der Waals surface area contributed by atoms with Crippen molar-refractivity contribution in [2.45, 2.75) is 109 Å². The normalized spacial score (nSPS) is 15.8. The van der Waals surface area contributed by atoms with Gasteiger partial charge in [-0.05, 0) is 62.4 Å². The van der Waals surface area contributed by atoms with Crippen molar-refractivity contribution in [3.8, 4) is 0 Å². The molecule has 1 aromatic rings. The van der Waals surface area contributed by atoms with E-state index >= 15 is 0 Å². The lowest BCUT2D eigenvalue weighted by Gasteiger charge is -2.41. The average molecular weight is 567 g/mol. The number of aryl methyl sites for hydroxylation is 1. The Morgan fingerprint density at radius 2 is 1.58 bits per heavy atom. The molecule has 0 unspecified atom stereocenters. The van der Waals surface area contributed by atoms with Crippen LogP contribution in [0.25, 0.3) is 0 Å². The van der Waals surface area contributed by atoms with Crippen molar-refractivity contribution in [3.63, 3.8) is 0 Å². The summed E-state index contributed by atoms with van der Waals surface area (Å²) in [6, 6.07) is 6.49. The molecule has 6 nitrogen and oxygen atoms in total.